The van der Waals surface area contributed by atoms with E-state index in [1.165, 1.54) is 5.69 Å². The number of carbonyl (C=O) groups excluding carboxylic acids is 1. The van der Waals surface area contributed by atoms with E-state index in [1.54, 1.807) is 7.11 Å². The maximum absolute atomic E-state index is 12.0. The third-order valence-electron chi connectivity index (χ3n) is 5.60. The second-order valence-electron chi connectivity index (χ2n) is 7.94. The Morgan fingerprint density at radius 2 is 1.97 bits per heavy atom. The molecule has 0 bridgehead atoms. The number of amides is 2. The molecule has 1 aliphatic rings. The molecule has 0 aliphatic heterocycles. The number of aromatic nitrogens is 1. The molecule has 0 saturated heterocycles. The van der Waals surface area contributed by atoms with Gasteiger partial charge in [0.1, 0.15) is 0 Å². The van der Waals surface area contributed by atoms with Crippen LogP contribution in [0.5, 0.6) is 0 Å². The van der Waals surface area contributed by atoms with Gasteiger partial charge in [-0.15, -0.1) is 0 Å². The van der Waals surface area contributed by atoms with E-state index in [9.17, 15) is 4.79 Å². The number of anilines is 2. The average Bonchev–Trinajstić information content (AvgIpc) is 3.01. The first-order chi connectivity index (χ1) is 14.5. The zero-order chi connectivity index (χ0) is 21.7. The third kappa shape index (κ3) is 4.48. The molecule has 1 aromatic carbocycles. The predicted octanol–water partition coefficient (Wildman–Crippen LogP) is 5.56. The summed E-state index contributed by atoms with van der Waals surface area (Å²) in [7, 11) is 1.72. The van der Waals surface area contributed by atoms with E-state index in [-0.39, 0.29) is 6.03 Å². The van der Waals surface area contributed by atoms with E-state index in [0.717, 1.165) is 66.2 Å². The zero-order valence-corrected chi connectivity index (χ0v) is 18.5. The molecule has 30 heavy (non-hydrogen) atoms. The van der Waals surface area contributed by atoms with Crippen LogP contribution in [-0.4, -0.2) is 24.3 Å². The minimum absolute atomic E-state index is 0.174. The Morgan fingerprint density at radius 3 is 2.60 bits per heavy atom. The van der Waals surface area contributed by atoms with Crippen molar-refractivity contribution < 1.29 is 9.53 Å². The van der Waals surface area contributed by atoms with Crippen molar-refractivity contribution in [3.63, 3.8) is 0 Å². The van der Waals surface area contributed by atoms with Gasteiger partial charge in [-0.3, -0.25) is 0 Å². The molecular weight excluding hydrogens is 376 g/mol. The van der Waals surface area contributed by atoms with E-state index >= 15 is 0 Å². The molecule has 3 rings (SSSR count). The number of ether oxygens (including phenoxy) is 1. The molecule has 6 heteroatoms. The monoisotopic (exact) mass is 410 g/mol. The van der Waals surface area contributed by atoms with Gasteiger partial charge in [0, 0.05) is 47.9 Å². The Bertz CT molecular complexity index is 912. The van der Waals surface area contributed by atoms with Crippen LogP contribution < -0.4 is 16.4 Å². The zero-order valence-electron chi connectivity index (χ0n) is 18.5. The quantitative estimate of drug-likeness (QED) is 0.498. The van der Waals surface area contributed by atoms with Gasteiger partial charge in [-0.1, -0.05) is 39.3 Å². The number of nitrogen functional groups attached to an aromatic ring is 1. The third-order valence-corrected chi connectivity index (χ3v) is 5.60. The van der Waals surface area contributed by atoms with E-state index in [0.29, 0.717) is 12.5 Å². The van der Waals surface area contributed by atoms with Crippen LogP contribution in [-0.2, 0) is 11.3 Å². The summed E-state index contributed by atoms with van der Waals surface area (Å²) in [6, 6.07) is 7.73. The molecule has 0 saturated carbocycles. The molecule has 2 aromatic rings. The Balaban J connectivity index is 1.90. The number of nitrogens with two attached hydrogens (primary N) is 1. The lowest BCUT2D eigenvalue weighted by Gasteiger charge is -2.22. The van der Waals surface area contributed by atoms with E-state index in [2.05, 4.69) is 42.0 Å². The first kappa shape index (κ1) is 21.8. The average molecular weight is 411 g/mol. The fourth-order valence-electron chi connectivity index (χ4n) is 4.15. The van der Waals surface area contributed by atoms with Gasteiger partial charge in [-0.05, 0) is 31.1 Å². The molecule has 2 amide bonds. The molecule has 1 aliphatic carbocycles. The maximum atomic E-state index is 12.0. The molecule has 4 N–H and O–H groups in total. The number of rotatable bonds is 8. The lowest BCUT2D eigenvalue weighted by atomic mass is 9.92. The standard InChI is InChI=1S/C24H34N4O2/c1-5-7-12-26-24(29)27-18-10-8-17(9-11-18)23-21(25)20-15-19(30-4)14-16(3)22(20)28(23)13-6-2/h8-11,15-16H,5-7,12-14,25H2,1-4H3,(H2,26,27,29). The summed E-state index contributed by atoms with van der Waals surface area (Å²) in [5, 5.41) is 5.76. The molecule has 1 aromatic heterocycles. The molecule has 6 nitrogen and oxygen atoms in total. The van der Waals surface area contributed by atoms with Gasteiger partial charge in [0.25, 0.3) is 0 Å². The van der Waals surface area contributed by atoms with Crippen molar-refractivity contribution in [2.75, 3.05) is 24.7 Å². The summed E-state index contributed by atoms with van der Waals surface area (Å²) in [5.41, 5.74) is 12.7. The van der Waals surface area contributed by atoms with Gasteiger partial charge in [0.05, 0.1) is 24.3 Å². The lowest BCUT2D eigenvalue weighted by molar-refractivity contribution is 0.252. The highest BCUT2D eigenvalue weighted by molar-refractivity contribution is 5.90. The van der Waals surface area contributed by atoms with Crippen molar-refractivity contribution in [1.29, 1.82) is 0 Å². The van der Waals surface area contributed by atoms with E-state index < -0.39 is 0 Å². The smallest absolute Gasteiger partial charge is 0.319 e. The van der Waals surface area contributed by atoms with Crippen molar-refractivity contribution in [2.24, 2.45) is 0 Å². The number of hydrogen-bond donors (Lipinski definition) is 3. The second-order valence-corrected chi connectivity index (χ2v) is 7.94. The maximum Gasteiger partial charge on any atom is 0.319 e. The van der Waals surface area contributed by atoms with Crippen molar-refractivity contribution >= 4 is 23.5 Å². The summed E-state index contributed by atoms with van der Waals surface area (Å²) < 4.78 is 7.89. The fraction of sp³-hybridized carbons (Fsp3) is 0.458. The Labute approximate surface area is 179 Å². The van der Waals surface area contributed by atoms with Crippen molar-refractivity contribution in [3.8, 4) is 11.3 Å². The summed E-state index contributed by atoms with van der Waals surface area (Å²) in [6.07, 6.45) is 6.02. The Kier molecular flexibility index (Phi) is 7.08. The van der Waals surface area contributed by atoms with Gasteiger partial charge in [0.15, 0.2) is 0 Å². The van der Waals surface area contributed by atoms with Gasteiger partial charge >= 0.3 is 6.03 Å². The molecule has 1 heterocycles. The van der Waals surface area contributed by atoms with Gasteiger partial charge in [-0.25, -0.2) is 4.79 Å². The first-order valence-corrected chi connectivity index (χ1v) is 10.9. The Morgan fingerprint density at radius 1 is 1.23 bits per heavy atom. The topological polar surface area (TPSA) is 81.3 Å². The number of fused-ring (bicyclic) bond motifs is 1. The number of benzene rings is 1. The van der Waals surface area contributed by atoms with Crippen LogP contribution in [0.3, 0.4) is 0 Å². The number of nitrogens with zero attached hydrogens (tertiary/aromatic N) is 1. The molecule has 162 valence electrons. The highest BCUT2D eigenvalue weighted by Gasteiger charge is 2.28. The molecule has 0 spiro atoms. The summed E-state index contributed by atoms with van der Waals surface area (Å²) in [6.45, 7) is 8.10. The number of nitrogens with one attached hydrogen (secondary N) is 2. The largest absolute Gasteiger partial charge is 0.501 e. The van der Waals surface area contributed by atoms with Crippen molar-refractivity contribution in [3.05, 3.63) is 41.3 Å². The van der Waals surface area contributed by atoms with Crippen LogP contribution >= 0.6 is 0 Å². The lowest BCUT2D eigenvalue weighted by Crippen LogP contribution is -2.29. The van der Waals surface area contributed by atoms with Crippen LogP contribution in [0, 0.1) is 0 Å². The SMILES string of the molecule is CCCCNC(=O)Nc1ccc(-c2c(N)c3c(n2CCC)C(C)CC(OC)=C3)cc1. The van der Waals surface area contributed by atoms with Crippen LogP contribution in [0.4, 0.5) is 16.2 Å². The summed E-state index contributed by atoms with van der Waals surface area (Å²) >= 11 is 0. The first-order valence-electron chi connectivity index (χ1n) is 10.9. The minimum atomic E-state index is -0.174. The van der Waals surface area contributed by atoms with Gasteiger partial charge < -0.3 is 25.7 Å². The van der Waals surface area contributed by atoms with E-state index in [4.69, 9.17) is 10.5 Å². The highest BCUT2D eigenvalue weighted by Crippen LogP contribution is 2.43. The van der Waals surface area contributed by atoms with Crippen molar-refractivity contribution in [2.45, 2.75) is 58.9 Å². The number of urea groups is 1. The van der Waals surface area contributed by atoms with Gasteiger partial charge in [0.2, 0.25) is 0 Å². The Hall–Kier alpha value is -2.89. The fourth-order valence-corrected chi connectivity index (χ4v) is 4.15. The number of unbranched alkanes of at least 4 members (excludes halogenated alkanes) is 1. The normalized spacial score (nSPS) is 15.3. The van der Waals surface area contributed by atoms with Crippen LogP contribution in [0.1, 0.15) is 63.6 Å². The number of methoxy groups -OCH3 is 1. The number of allylic oxidation sites excluding steroid dienone is 1. The molecule has 1 unspecified atom stereocenters. The molecule has 1 atom stereocenters. The molecule has 0 radical (unpaired) electrons. The predicted molar refractivity (Wildman–Crippen MR) is 125 cm³/mol. The molecule has 0 fully saturated rings. The summed E-state index contributed by atoms with van der Waals surface area (Å²) in [4.78, 5) is 12.0. The van der Waals surface area contributed by atoms with Crippen molar-refractivity contribution in [1.82, 2.24) is 9.88 Å². The molecular formula is C24H34N4O2. The van der Waals surface area contributed by atoms with Gasteiger partial charge in [-0.2, -0.15) is 0 Å². The van der Waals surface area contributed by atoms with Crippen LogP contribution in [0.15, 0.2) is 30.0 Å². The van der Waals surface area contributed by atoms with Crippen LogP contribution in [0.25, 0.3) is 17.3 Å². The number of carbonyl (C=O) groups is 1. The highest BCUT2D eigenvalue weighted by atomic mass is 16.5. The second kappa shape index (κ2) is 9.74. The minimum Gasteiger partial charge on any atom is -0.501 e. The summed E-state index contributed by atoms with van der Waals surface area (Å²) in [5.74, 6) is 1.31. The van der Waals surface area contributed by atoms with E-state index in [1.807, 2.05) is 24.3 Å². The number of hydrogen-bond acceptors (Lipinski definition) is 3. The van der Waals surface area contributed by atoms with Crippen LogP contribution in [0.2, 0.25) is 0 Å².